The Morgan fingerprint density at radius 2 is 2.04 bits per heavy atom. The summed E-state index contributed by atoms with van der Waals surface area (Å²) >= 11 is 0. The van der Waals surface area contributed by atoms with E-state index in [9.17, 15) is 9.90 Å². The Hall–Kier alpha value is -2.56. The van der Waals surface area contributed by atoms with E-state index in [2.05, 4.69) is 11.7 Å². The molecule has 5 nitrogen and oxygen atoms in total. The Morgan fingerprint density at radius 3 is 2.65 bits per heavy atom. The van der Waals surface area contributed by atoms with E-state index < -0.39 is 5.97 Å². The molecule has 0 aliphatic heterocycles. The number of ether oxygens (including phenoxy) is 1. The Morgan fingerprint density at radius 1 is 1.35 bits per heavy atom. The molecule has 2 rings (SSSR count). The quantitative estimate of drug-likeness (QED) is 0.809. The number of carboxylic acids is 1. The first-order valence-electron chi connectivity index (χ1n) is 7.65. The highest BCUT2D eigenvalue weighted by molar-refractivity contribution is 5.86. The molecule has 0 radical (unpaired) electrons. The van der Waals surface area contributed by atoms with Crippen LogP contribution in [0.5, 0.6) is 5.75 Å². The third kappa shape index (κ3) is 5.29. The fourth-order valence-corrected chi connectivity index (χ4v) is 1.90. The van der Waals surface area contributed by atoms with E-state index in [0.29, 0.717) is 23.7 Å². The zero-order valence-electron chi connectivity index (χ0n) is 14.2. The van der Waals surface area contributed by atoms with Gasteiger partial charge in [0.2, 0.25) is 0 Å². The van der Waals surface area contributed by atoms with Crippen LogP contribution in [0.25, 0.3) is 5.69 Å². The summed E-state index contributed by atoms with van der Waals surface area (Å²) in [5.41, 5.74) is 2.50. The summed E-state index contributed by atoms with van der Waals surface area (Å²) in [5.74, 6) is -0.331. The van der Waals surface area contributed by atoms with E-state index in [1.54, 1.807) is 19.1 Å². The van der Waals surface area contributed by atoms with Crippen LogP contribution < -0.4 is 4.74 Å². The average Bonchev–Trinajstić information content (AvgIpc) is 2.92. The number of benzene rings is 1. The molecule has 0 saturated heterocycles. The Kier molecular flexibility index (Phi) is 7.06. The van der Waals surface area contributed by atoms with Crippen molar-refractivity contribution in [3.63, 3.8) is 0 Å². The molecule has 0 aliphatic rings. The molecule has 0 unspecified atom stereocenters. The molecule has 0 fully saturated rings. The molecular weight excluding hydrogens is 292 g/mol. The van der Waals surface area contributed by atoms with Gasteiger partial charge in [0.25, 0.3) is 0 Å². The van der Waals surface area contributed by atoms with Crippen LogP contribution in [0.1, 0.15) is 43.4 Å². The maximum Gasteiger partial charge on any atom is 0.354 e. The molecule has 0 saturated carbocycles. The largest absolute Gasteiger partial charge is 0.493 e. The van der Waals surface area contributed by atoms with E-state index in [0.717, 1.165) is 12.0 Å². The van der Waals surface area contributed by atoms with Crippen LogP contribution in [0, 0.1) is 6.92 Å². The van der Waals surface area contributed by atoms with Crippen molar-refractivity contribution in [2.24, 2.45) is 0 Å². The van der Waals surface area contributed by atoms with Gasteiger partial charge in [0.1, 0.15) is 5.75 Å². The van der Waals surface area contributed by atoms with Crippen molar-refractivity contribution in [3.8, 4) is 11.4 Å². The van der Waals surface area contributed by atoms with E-state index in [-0.39, 0.29) is 5.69 Å². The smallest absolute Gasteiger partial charge is 0.354 e. The number of rotatable bonds is 6. The van der Waals surface area contributed by atoms with Crippen molar-refractivity contribution < 1.29 is 14.6 Å². The molecule has 0 atom stereocenters. The highest BCUT2D eigenvalue weighted by Crippen LogP contribution is 2.19. The lowest BCUT2D eigenvalue weighted by Crippen LogP contribution is -2.08. The second-order valence-electron chi connectivity index (χ2n) is 4.94. The summed E-state index contributed by atoms with van der Waals surface area (Å²) < 4.78 is 7.04. The summed E-state index contributed by atoms with van der Waals surface area (Å²) in [6.07, 6.45) is 0.783. The predicted molar refractivity (Wildman–Crippen MR) is 91.5 cm³/mol. The number of aromatic carboxylic acids is 1. The maximum atomic E-state index is 11.2. The van der Waals surface area contributed by atoms with Crippen LogP contribution in [0.15, 0.2) is 42.5 Å². The third-order valence-electron chi connectivity index (χ3n) is 2.91. The predicted octanol–water partition coefficient (Wildman–Crippen LogP) is 4.25. The first-order valence-corrected chi connectivity index (χ1v) is 7.65. The SMILES string of the molecule is C=C(C)CCOc1cccc(-n2nc(C)cc2C(=O)O)c1.CC. The first kappa shape index (κ1) is 18.5. The number of aryl methyl sites for hydroxylation is 1. The Labute approximate surface area is 137 Å². The van der Waals surface area contributed by atoms with Crippen molar-refractivity contribution in [3.05, 3.63) is 53.9 Å². The molecule has 5 heteroatoms. The molecule has 0 bridgehead atoms. The fraction of sp³-hybridized carbons (Fsp3) is 0.333. The van der Waals surface area contributed by atoms with E-state index in [1.165, 1.54) is 10.7 Å². The third-order valence-corrected chi connectivity index (χ3v) is 2.91. The van der Waals surface area contributed by atoms with Crippen molar-refractivity contribution in [1.29, 1.82) is 0 Å². The van der Waals surface area contributed by atoms with Crippen molar-refractivity contribution in [2.45, 2.75) is 34.1 Å². The standard InChI is InChI=1S/C16H18N2O3.C2H6/c1-11(2)7-8-21-14-6-4-5-13(10-14)18-15(16(19)20)9-12(3)17-18;1-2/h4-6,9-10H,1,7-8H2,2-3H3,(H,19,20);1-2H3. The summed E-state index contributed by atoms with van der Waals surface area (Å²) in [5, 5.41) is 13.4. The molecule has 1 N–H and O–H groups in total. The van der Waals surface area contributed by atoms with Gasteiger partial charge < -0.3 is 9.84 Å². The number of aromatic nitrogens is 2. The van der Waals surface area contributed by atoms with Gasteiger partial charge in [-0.25, -0.2) is 9.48 Å². The number of nitrogens with zero attached hydrogens (tertiary/aromatic N) is 2. The highest BCUT2D eigenvalue weighted by Gasteiger charge is 2.14. The molecule has 0 amide bonds. The van der Waals surface area contributed by atoms with E-state index >= 15 is 0 Å². The van der Waals surface area contributed by atoms with Crippen LogP contribution in [0.4, 0.5) is 0 Å². The van der Waals surface area contributed by atoms with Gasteiger partial charge in [-0.2, -0.15) is 5.10 Å². The lowest BCUT2D eigenvalue weighted by Gasteiger charge is -2.09. The topological polar surface area (TPSA) is 64.4 Å². The molecule has 1 aromatic heterocycles. The molecule has 1 aromatic carbocycles. The molecule has 2 aromatic rings. The average molecular weight is 316 g/mol. The second kappa shape index (κ2) is 8.78. The molecule has 23 heavy (non-hydrogen) atoms. The van der Waals surface area contributed by atoms with Crippen molar-refractivity contribution >= 4 is 5.97 Å². The van der Waals surface area contributed by atoms with Crippen molar-refractivity contribution in [1.82, 2.24) is 9.78 Å². The van der Waals surface area contributed by atoms with Gasteiger partial charge >= 0.3 is 5.97 Å². The van der Waals surface area contributed by atoms with Gasteiger partial charge in [-0.3, -0.25) is 0 Å². The highest BCUT2D eigenvalue weighted by atomic mass is 16.5. The summed E-state index contributed by atoms with van der Waals surface area (Å²) in [7, 11) is 0. The fourth-order valence-electron chi connectivity index (χ4n) is 1.90. The number of hydrogen-bond acceptors (Lipinski definition) is 3. The second-order valence-corrected chi connectivity index (χ2v) is 4.94. The van der Waals surface area contributed by atoms with Gasteiger partial charge in [0.15, 0.2) is 5.69 Å². The molecule has 0 spiro atoms. The zero-order valence-corrected chi connectivity index (χ0v) is 14.2. The van der Waals surface area contributed by atoms with Crippen molar-refractivity contribution in [2.75, 3.05) is 6.61 Å². The van der Waals surface area contributed by atoms with Gasteiger partial charge in [0, 0.05) is 12.5 Å². The Balaban J connectivity index is 0.00000127. The van der Waals surface area contributed by atoms with Gasteiger partial charge in [-0.15, -0.1) is 6.58 Å². The van der Waals surface area contributed by atoms with Gasteiger partial charge in [-0.05, 0) is 32.0 Å². The number of carboxylic acid groups (broad SMARTS) is 1. The van der Waals surface area contributed by atoms with Crippen LogP contribution >= 0.6 is 0 Å². The molecule has 0 aliphatic carbocycles. The molecule has 124 valence electrons. The van der Waals surface area contributed by atoms with Gasteiger partial charge in [0.05, 0.1) is 18.0 Å². The van der Waals surface area contributed by atoms with Gasteiger partial charge in [-0.1, -0.05) is 25.5 Å². The molecular formula is C18H24N2O3. The summed E-state index contributed by atoms with van der Waals surface area (Å²) in [4.78, 5) is 11.2. The number of hydrogen-bond donors (Lipinski definition) is 1. The minimum Gasteiger partial charge on any atom is -0.493 e. The van der Waals surface area contributed by atoms with E-state index in [1.807, 2.05) is 32.9 Å². The van der Waals surface area contributed by atoms with E-state index in [4.69, 9.17) is 4.74 Å². The first-order chi connectivity index (χ1) is 11.0. The molecule has 1 heterocycles. The minimum absolute atomic E-state index is 0.131. The lowest BCUT2D eigenvalue weighted by molar-refractivity contribution is 0.0687. The zero-order chi connectivity index (χ0) is 17.4. The maximum absolute atomic E-state index is 11.2. The Bertz CT molecular complexity index is 675. The van der Waals surface area contributed by atoms with Crippen LogP contribution in [-0.2, 0) is 0 Å². The van der Waals surface area contributed by atoms with Crippen LogP contribution in [0.2, 0.25) is 0 Å². The summed E-state index contributed by atoms with van der Waals surface area (Å²) in [6.45, 7) is 12.1. The minimum atomic E-state index is -1.01. The summed E-state index contributed by atoms with van der Waals surface area (Å²) in [6, 6.07) is 8.76. The number of carbonyl (C=O) groups is 1. The lowest BCUT2D eigenvalue weighted by atomic mass is 10.2. The van der Waals surface area contributed by atoms with Crippen LogP contribution in [-0.4, -0.2) is 27.5 Å². The van der Waals surface area contributed by atoms with Crippen LogP contribution in [0.3, 0.4) is 0 Å². The normalized spacial score (nSPS) is 9.74. The monoisotopic (exact) mass is 316 g/mol.